The first kappa shape index (κ1) is 19.1. The lowest BCUT2D eigenvalue weighted by molar-refractivity contribution is -0.137. The van der Waals surface area contributed by atoms with E-state index in [-0.39, 0.29) is 18.7 Å². The lowest BCUT2D eigenvalue weighted by atomic mass is 9.82. The summed E-state index contributed by atoms with van der Waals surface area (Å²) in [7, 11) is -0.588. The van der Waals surface area contributed by atoms with E-state index in [1.54, 1.807) is 0 Å². The fraction of sp³-hybridized carbons (Fsp3) is 0.625. The van der Waals surface area contributed by atoms with Gasteiger partial charge in [-0.05, 0) is 45.9 Å². The number of hydrogen-bond acceptors (Lipinski definition) is 4. The van der Waals surface area contributed by atoms with Crippen LogP contribution in [0.1, 0.15) is 33.3 Å². The second kappa shape index (κ2) is 6.57. The van der Waals surface area contributed by atoms with Crippen molar-refractivity contribution in [2.45, 2.75) is 57.5 Å². The maximum absolute atomic E-state index is 12.6. The van der Waals surface area contributed by atoms with Gasteiger partial charge in [0.25, 0.3) is 0 Å². The van der Waals surface area contributed by atoms with Crippen LogP contribution in [0.2, 0.25) is 6.32 Å². The molecule has 8 heteroatoms. The number of ether oxygens (including phenoxy) is 1. The maximum atomic E-state index is 12.6. The smallest absolute Gasteiger partial charge is 0.460 e. The maximum Gasteiger partial charge on any atom is 0.460 e. The molecule has 0 aliphatic carbocycles. The van der Waals surface area contributed by atoms with Crippen LogP contribution < -0.4 is 4.74 Å². The van der Waals surface area contributed by atoms with E-state index in [1.807, 2.05) is 27.7 Å². The molecule has 4 nitrogen and oxygen atoms in total. The Morgan fingerprint density at radius 3 is 2.29 bits per heavy atom. The number of halogens is 3. The average Bonchev–Trinajstić information content (AvgIpc) is 2.63. The van der Waals surface area contributed by atoms with E-state index in [4.69, 9.17) is 14.0 Å². The van der Waals surface area contributed by atoms with Crippen LogP contribution in [-0.4, -0.2) is 36.1 Å². The molecule has 1 N–H and O–H groups in total. The van der Waals surface area contributed by atoms with Crippen molar-refractivity contribution in [2.24, 2.45) is 0 Å². The molecule has 1 aromatic rings. The Morgan fingerprint density at radius 1 is 1.17 bits per heavy atom. The van der Waals surface area contributed by atoms with Crippen LogP contribution in [-0.2, 0) is 15.5 Å². The SMILES string of the molecule is CC1(C)OB(CC(O)COc2cccc(C(F)(F)F)c2)OC1(C)C. The zero-order valence-corrected chi connectivity index (χ0v) is 14.2. The molecule has 1 aliphatic rings. The molecular weight excluding hydrogens is 324 g/mol. The minimum absolute atomic E-state index is 0.0535. The van der Waals surface area contributed by atoms with E-state index in [0.717, 1.165) is 12.1 Å². The number of benzene rings is 1. The van der Waals surface area contributed by atoms with E-state index >= 15 is 0 Å². The summed E-state index contributed by atoms with van der Waals surface area (Å²) in [6, 6.07) is 4.55. The molecule has 0 radical (unpaired) electrons. The minimum atomic E-state index is -4.43. The summed E-state index contributed by atoms with van der Waals surface area (Å²) in [5, 5.41) is 10.0. The van der Waals surface area contributed by atoms with Crippen LogP contribution in [0.4, 0.5) is 13.2 Å². The molecule has 1 fully saturated rings. The number of aliphatic hydroxyl groups is 1. The monoisotopic (exact) mass is 346 g/mol. The zero-order valence-electron chi connectivity index (χ0n) is 14.2. The molecule has 24 heavy (non-hydrogen) atoms. The lowest BCUT2D eigenvalue weighted by Crippen LogP contribution is -2.41. The molecule has 1 heterocycles. The molecule has 0 saturated carbocycles. The zero-order chi connectivity index (χ0) is 18.2. The van der Waals surface area contributed by atoms with Crippen molar-refractivity contribution in [3.05, 3.63) is 29.8 Å². The third kappa shape index (κ3) is 4.43. The molecular formula is C16H22BF3O4. The fourth-order valence-corrected chi connectivity index (χ4v) is 2.31. The largest absolute Gasteiger partial charge is 0.491 e. The molecule has 1 unspecified atom stereocenters. The van der Waals surface area contributed by atoms with E-state index in [1.165, 1.54) is 12.1 Å². The molecule has 1 atom stereocenters. The van der Waals surface area contributed by atoms with Crippen molar-refractivity contribution in [1.29, 1.82) is 0 Å². The van der Waals surface area contributed by atoms with Crippen LogP contribution >= 0.6 is 0 Å². The molecule has 0 amide bonds. The highest BCUT2D eigenvalue weighted by Gasteiger charge is 2.51. The summed E-state index contributed by atoms with van der Waals surface area (Å²) in [6.45, 7) is 7.46. The van der Waals surface area contributed by atoms with Gasteiger partial charge in [0, 0.05) is 6.32 Å². The third-order valence-corrected chi connectivity index (χ3v) is 4.37. The number of hydrogen-bond donors (Lipinski definition) is 1. The van der Waals surface area contributed by atoms with Gasteiger partial charge in [-0.25, -0.2) is 0 Å². The van der Waals surface area contributed by atoms with Crippen molar-refractivity contribution in [3.8, 4) is 5.75 Å². The quantitative estimate of drug-likeness (QED) is 0.829. The fourth-order valence-electron chi connectivity index (χ4n) is 2.31. The molecule has 2 rings (SSSR count). The molecule has 1 aliphatic heterocycles. The average molecular weight is 346 g/mol. The van der Waals surface area contributed by atoms with E-state index < -0.39 is 36.2 Å². The van der Waals surface area contributed by atoms with Crippen LogP contribution in [0, 0.1) is 0 Å². The first-order chi connectivity index (χ1) is 10.9. The Balaban J connectivity index is 1.87. The van der Waals surface area contributed by atoms with Crippen LogP contribution in [0.5, 0.6) is 5.75 Å². The number of alkyl halides is 3. The topological polar surface area (TPSA) is 47.9 Å². The Hall–Kier alpha value is -1.25. The van der Waals surface area contributed by atoms with Crippen LogP contribution in [0.15, 0.2) is 24.3 Å². The second-order valence-electron chi connectivity index (χ2n) is 6.91. The van der Waals surface area contributed by atoms with E-state index in [0.29, 0.717) is 0 Å². The molecule has 0 spiro atoms. The predicted octanol–water partition coefficient (Wildman–Crippen LogP) is 3.54. The summed E-state index contributed by atoms with van der Waals surface area (Å²) in [5.41, 5.74) is -1.79. The molecule has 1 saturated heterocycles. The van der Waals surface area contributed by atoms with E-state index in [9.17, 15) is 18.3 Å². The molecule has 1 aromatic carbocycles. The van der Waals surface area contributed by atoms with Gasteiger partial charge in [-0.1, -0.05) is 6.07 Å². The highest BCUT2D eigenvalue weighted by molar-refractivity contribution is 6.45. The van der Waals surface area contributed by atoms with Gasteiger partial charge >= 0.3 is 13.3 Å². The van der Waals surface area contributed by atoms with Gasteiger partial charge in [0.1, 0.15) is 12.4 Å². The van der Waals surface area contributed by atoms with Gasteiger partial charge in [0.2, 0.25) is 0 Å². The summed E-state index contributed by atoms with van der Waals surface area (Å²) in [5.74, 6) is 0.0535. The number of aliphatic hydroxyl groups excluding tert-OH is 1. The van der Waals surface area contributed by atoms with Crippen molar-refractivity contribution in [1.82, 2.24) is 0 Å². The Labute approximate surface area is 140 Å². The summed E-state index contributed by atoms with van der Waals surface area (Å²) in [4.78, 5) is 0. The van der Waals surface area contributed by atoms with Gasteiger partial charge in [0.05, 0.1) is 22.9 Å². The third-order valence-electron chi connectivity index (χ3n) is 4.37. The van der Waals surface area contributed by atoms with Gasteiger partial charge in [-0.3, -0.25) is 0 Å². The Kier molecular flexibility index (Phi) is 5.23. The molecule has 0 aromatic heterocycles. The van der Waals surface area contributed by atoms with Crippen molar-refractivity contribution in [2.75, 3.05) is 6.61 Å². The van der Waals surface area contributed by atoms with Gasteiger partial charge < -0.3 is 19.2 Å². The first-order valence-corrected chi connectivity index (χ1v) is 7.74. The normalized spacial score (nSPS) is 20.9. The minimum Gasteiger partial charge on any atom is -0.491 e. The van der Waals surface area contributed by atoms with Gasteiger partial charge in [0.15, 0.2) is 0 Å². The summed E-state index contributed by atoms with van der Waals surface area (Å²) in [6.07, 6.45) is -5.18. The standard InChI is InChI=1S/C16H22BF3O4/c1-14(2)15(3,4)24-17(23-14)9-12(21)10-22-13-7-5-6-11(8-13)16(18,19)20/h5-8,12,21H,9-10H2,1-4H3. The lowest BCUT2D eigenvalue weighted by Gasteiger charge is -2.32. The second-order valence-corrected chi connectivity index (χ2v) is 6.91. The highest BCUT2D eigenvalue weighted by atomic mass is 19.4. The van der Waals surface area contributed by atoms with Crippen molar-refractivity contribution in [3.63, 3.8) is 0 Å². The first-order valence-electron chi connectivity index (χ1n) is 7.74. The summed E-state index contributed by atoms with van der Waals surface area (Å²) < 4.78 is 54.7. The van der Waals surface area contributed by atoms with Crippen molar-refractivity contribution < 1.29 is 32.3 Å². The Morgan fingerprint density at radius 2 is 1.75 bits per heavy atom. The molecule has 134 valence electrons. The van der Waals surface area contributed by atoms with Gasteiger partial charge in [-0.15, -0.1) is 0 Å². The van der Waals surface area contributed by atoms with Gasteiger partial charge in [-0.2, -0.15) is 13.2 Å². The van der Waals surface area contributed by atoms with Crippen LogP contribution in [0.25, 0.3) is 0 Å². The van der Waals surface area contributed by atoms with Crippen LogP contribution in [0.3, 0.4) is 0 Å². The number of rotatable bonds is 5. The Bertz CT molecular complexity index is 559. The van der Waals surface area contributed by atoms with Crippen molar-refractivity contribution >= 4 is 7.12 Å². The summed E-state index contributed by atoms with van der Waals surface area (Å²) >= 11 is 0. The van der Waals surface area contributed by atoms with E-state index in [2.05, 4.69) is 0 Å². The molecule has 0 bridgehead atoms. The predicted molar refractivity (Wildman–Crippen MR) is 83.8 cm³/mol. The highest BCUT2D eigenvalue weighted by Crippen LogP contribution is 2.38.